The van der Waals surface area contributed by atoms with Crippen molar-refractivity contribution in [3.63, 3.8) is 0 Å². The number of amides is 1. The summed E-state index contributed by atoms with van der Waals surface area (Å²) in [5.41, 5.74) is -0.533. The number of carbonyl (C=O) groups excluding carboxylic acids is 1. The highest BCUT2D eigenvalue weighted by atomic mass is 19.1. The minimum absolute atomic E-state index is 0.0829. The minimum atomic E-state index is -0.942. The van der Waals surface area contributed by atoms with Crippen molar-refractivity contribution in [2.45, 2.75) is 25.9 Å². The molecule has 0 spiro atoms. The Morgan fingerprint density at radius 2 is 2.27 bits per heavy atom. The molecule has 1 fully saturated rings. The van der Waals surface area contributed by atoms with Crippen molar-refractivity contribution in [1.82, 2.24) is 0 Å². The summed E-state index contributed by atoms with van der Waals surface area (Å²) in [5.74, 6) is -2.56. The summed E-state index contributed by atoms with van der Waals surface area (Å²) < 4.78 is 43.5. The molecule has 1 heterocycles. The Kier molecular flexibility index (Phi) is 6.09. The molecule has 1 atom stereocenters. The van der Waals surface area contributed by atoms with Gasteiger partial charge in [0, 0.05) is 13.2 Å². The zero-order chi connectivity index (χ0) is 15.9. The van der Waals surface area contributed by atoms with Gasteiger partial charge in [0.25, 0.3) is 5.91 Å². The van der Waals surface area contributed by atoms with E-state index in [2.05, 4.69) is 5.32 Å². The first-order valence-corrected chi connectivity index (χ1v) is 7.21. The number of benzene rings is 1. The van der Waals surface area contributed by atoms with E-state index in [4.69, 9.17) is 14.2 Å². The van der Waals surface area contributed by atoms with Crippen LogP contribution in [0.3, 0.4) is 0 Å². The fraction of sp³-hybridized carbons (Fsp3) is 0.533. The van der Waals surface area contributed by atoms with Crippen LogP contribution in [0.25, 0.3) is 0 Å². The monoisotopic (exact) mass is 315 g/mol. The molecule has 2 rings (SSSR count). The normalized spacial score (nSPS) is 17.5. The maximum atomic E-state index is 14.2. The summed E-state index contributed by atoms with van der Waals surface area (Å²) in [6.45, 7) is 2.64. The van der Waals surface area contributed by atoms with Crippen LogP contribution in [0.4, 0.5) is 14.5 Å². The molecule has 1 saturated heterocycles. The molecule has 1 aliphatic heterocycles. The molecule has 22 heavy (non-hydrogen) atoms. The van der Waals surface area contributed by atoms with Gasteiger partial charge in [0.05, 0.1) is 6.10 Å². The summed E-state index contributed by atoms with van der Waals surface area (Å²) in [4.78, 5) is 11.5. The summed E-state index contributed by atoms with van der Waals surface area (Å²) in [6.07, 6.45) is 1.71. The topological polar surface area (TPSA) is 56.8 Å². The molecule has 0 aliphatic carbocycles. The van der Waals surface area contributed by atoms with E-state index in [0.29, 0.717) is 13.2 Å². The summed E-state index contributed by atoms with van der Waals surface area (Å²) >= 11 is 0. The van der Waals surface area contributed by atoms with Gasteiger partial charge in [0.2, 0.25) is 0 Å². The molecular weight excluding hydrogens is 296 g/mol. The highest BCUT2D eigenvalue weighted by Gasteiger charge is 2.20. The predicted octanol–water partition coefficient (Wildman–Crippen LogP) is 2.50. The van der Waals surface area contributed by atoms with Crippen LogP contribution in [0.5, 0.6) is 5.75 Å². The lowest BCUT2D eigenvalue weighted by atomic mass is 10.2. The van der Waals surface area contributed by atoms with Crippen LogP contribution in [-0.4, -0.2) is 38.4 Å². The van der Waals surface area contributed by atoms with E-state index >= 15 is 0 Å². The largest absolute Gasteiger partial charge is 0.488 e. The molecule has 1 aliphatic rings. The highest BCUT2D eigenvalue weighted by molar-refractivity contribution is 5.92. The summed E-state index contributed by atoms with van der Waals surface area (Å²) in [6, 6.07) is 2.24. The van der Waals surface area contributed by atoms with Crippen LogP contribution in [0.15, 0.2) is 12.1 Å². The fourth-order valence-electron chi connectivity index (χ4n) is 2.09. The second-order valence-electron chi connectivity index (χ2n) is 4.87. The van der Waals surface area contributed by atoms with Gasteiger partial charge in [-0.1, -0.05) is 0 Å². The lowest BCUT2D eigenvalue weighted by Gasteiger charge is -2.14. The first kappa shape index (κ1) is 16.6. The van der Waals surface area contributed by atoms with Crippen molar-refractivity contribution < 1.29 is 27.8 Å². The van der Waals surface area contributed by atoms with Gasteiger partial charge in [0.1, 0.15) is 24.7 Å². The number of nitrogens with one attached hydrogen (secondary N) is 1. The van der Waals surface area contributed by atoms with Crippen molar-refractivity contribution in [2.24, 2.45) is 0 Å². The van der Waals surface area contributed by atoms with Crippen molar-refractivity contribution in [2.75, 3.05) is 31.7 Å². The quantitative estimate of drug-likeness (QED) is 0.840. The third-order valence-corrected chi connectivity index (χ3v) is 3.21. The Balaban J connectivity index is 2.02. The maximum absolute atomic E-state index is 14.2. The van der Waals surface area contributed by atoms with E-state index in [-0.39, 0.29) is 25.1 Å². The third-order valence-electron chi connectivity index (χ3n) is 3.21. The highest BCUT2D eigenvalue weighted by Crippen LogP contribution is 2.28. The van der Waals surface area contributed by atoms with Crippen LogP contribution in [0.1, 0.15) is 19.8 Å². The molecule has 0 bridgehead atoms. The Morgan fingerprint density at radius 1 is 1.45 bits per heavy atom. The van der Waals surface area contributed by atoms with E-state index < -0.39 is 23.2 Å². The van der Waals surface area contributed by atoms with Gasteiger partial charge in [-0.05, 0) is 31.9 Å². The van der Waals surface area contributed by atoms with Gasteiger partial charge in [-0.25, -0.2) is 8.78 Å². The average molecular weight is 315 g/mol. The first-order valence-electron chi connectivity index (χ1n) is 7.21. The molecule has 1 aromatic carbocycles. The van der Waals surface area contributed by atoms with Crippen LogP contribution in [0, 0.1) is 11.6 Å². The number of hydrogen-bond donors (Lipinski definition) is 1. The summed E-state index contributed by atoms with van der Waals surface area (Å²) in [7, 11) is 0. The number of rotatable bonds is 7. The van der Waals surface area contributed by atoms with Crippen molar-refractivity contribution in [1.29, 1.82) is 0 Å². The van der Waals surface area contributed by atoms with E-state index in [1.54, 1.807) is 6.92 Å². The Labute approximate surface area is 127 Å². The Hall–Kier alpha value is -1.73. The zero-order valence-corrected chi connectivity index (χ0v) is 12.4. The van der Waals surface area contributed by atoms with Gasteiger partial charge in [0.15, 0.2) is 11.6 Å². The van der Waals surface area contributed by atoms with E-state index in [1.807, 2.05) is 0 Å². The van der Waals surface area contributed by atoms with Gasteiger partial charge >= 0.3 is 0 Å². The lowest BCUT2D eigenvalue weighted by Crippen LogP contribution is -2.21. The molecule has 0 saturated carbocycles. The third kappa shape index (κ3) is 4.38. The molecule has 0 aromatic heterocycles. The molecular formula is C15H19F2NO4. The number of halogens is 2. The van der Waals surface area contributed by atoms with Gasteiger partial charge in [-0.3, -0.25) is 4.79 Å². The molecule has 0 radical (unpaired) electrons. The molecule has 1 aromatic rings. The van der Waals surface area contributed by atoms with E-state index in [0.717, 1.165) is 18.9 Å². The van der Waals surface area contributed by atoms with Crippen LogP contribution in [0.2, 0.25) is 0 Å². The maximum Gasteiger partial charge on any atom is 0.250 e. The minimum Gasteiger partial charge on any atom is -0.488 e. The SMILES string of the molecule is CCOCC(=O)Nc1c(F)ccc(OCC2CCCO2)c1F. The molecule has 5 nitrogen and oxygen atoms in total. The predicted molar refractivity (Wildman–Crippen MR) is 75.9 cm³/mol. The summed E-state index contributed by atoms with van der Waals surface area (Å²) in [5, 5.41) is 2.16. The standard InChI is InChI=1S/C15H19F2NO4/c1-2-20-9-13(19)18-15-11(16)5-6-12(14(15)17)22-8-10-4-3-7-21-10/h5-6,10H,2-4,7-9H2,1H3,(H,18,19). The van der Waals surface area contributed by atoms with Gasteiger partial charge < -0.3 is 19.5 Å². The molecule has 7 heteroatoms. The number of carbonyl (C=O) groups is 1. The first-order chi connectivity index (χ1) is 10.6. The lowest BCUT2D eigenvalue weighted by molar-refractivity contribution is -0.120. The van der Waals surface area contributed by atoms with Crippen LogP contribution < -0.4 is 10.1 Å². The van der Waals surface area contributed by atoms with E-state index in [1.165, 1.54) is 6.07 Å². The molecule has 1 N–H and O–H groups in total. The number of anilines is 1. The van der Waals surface area contributed by atoms with Gasteiger partial charge in [-0.15, -0.1) is 0 Å². The Bertz CT molecular complexity index is 519. The van der Waals surface area contributed by atoms with Gasteiger partial charge in [-0.2, -0.15) is 0 Å². The average Bonchev–Trinajstić information content (AvgIpc) is 3.02. The number of ether oxygens (including phenoxy) is 3. The Morgan fingerprint density at radius 3 is 2.95 bits per heavy atom. The zero-order valence-electron chi connectivity index (χ0n) is 12.4. The van der Waals surface area contributed by atoms with Crippen molar-refractivity contribution in [3.05, 3.63) is 23.8 Å². The second-order valence-corrected chi connectivity index (χ2v) is 4.87. The molecule has 122 valence electrons. The van der Waals surface area contributed by atoms with Crippen LogP contribution in [-0.2, 0) is 14.3 Å². The number of hydrogen-bond acceptors (Lipinski definition) is 4. The van der Waals surface area contributed by atoms with Crippen LogP contribution >= 0.6 is 0 Å². The van der Waals surface area contributed by atoms with E-state index in [9.17, 15) is 13.6 Å². The van der Waals surface area contributed by atoms with Crippen molar-refractivity contribution >= 4 is 11.6 Å². The fourth-order valence-corrected chi connectivity index (χ4v) is 2.09. The van der Waals surface area contributed by atoms with Crippen molar-refractivity contribution in [3.8, 4) is 5.75 Å². The molecule has 1 unspecified atom stereocenters. The molecule has 1 amide bonds. The second kappa shape index (κ2) is 8.05. The smallest absolute Gasteiger partial charge is 0.250 e.